The van der Waals surface area contributed by atoms with Crippen LogP contribution in [0.1, 0.15) is 11.5 Å². The molecular formula is C15H15N. The van der Waals surface area contributed by atoms with Gasteiger partial charge in [0.15, 0.2) is 0 Å². The molecule has 0 N–H and O–H groups in total. The van der Waals surface area contributed by atoms with Crippen molar-refractivity contribution >= 4 is 5.69 Å². The van der Waals surface area contributed by atoms with Crippen LogP contribution in [0.25, 0.3) is 0 Å². The van der Waals surface area contributed by atoms with E-state index in [1.54, 1.807) is 0 Å². The fourth-order valence-corrected chi connectivity index (χ4v) is 2.73. The van der Waals surface area contributed by atoms with Crippen LogP contribution < -0.4 is 4.90 Å². The second-order valence-corrected chi connectivity index (χ2v) is 4.29. The lowest BCUT2D eigenvalue weighted by Crippen LogP contribution is -2.32. The summed E-state index contributed by atoms with van der Waals surface area (Å²) >= 11 is 0. The number of allylic oxidation sites excluding steroid dienone is 2. The van der Waals surface area contributed by atoms with Crippen LogP contribution in [0.15, 0.2) is 61.2 Å². The smallest absolute Gasteiger partial charge is 0.0583 e. The first-order chi connectivity index (χ1) is 7.92. The molecular weight excluding hydrogens is 194 g/mol. The minimum atomic E-state index is 0.473. The van der Waals surface area contributed by atoms with Crippen molar-refractivity contribution in [2.45, 2.75) is 12.0 Å². The highest BCUT2D eigenvalue weighted by Crippen LogP contribution is 2.43. The molecule has 0 bridgehead atoms. The van der Waals surface area contributed by atoms with Crippen molar-refractivity contribution < 1.29 is 0 Å². The topological polar surface area (TPSA) is 3.24 Å². The third kappa shape index (κ3) is 1.25. The summed E-state index contributed by atoms with van der Waals surface area (Å²) in [6.07, 6.45) is 10.9. The van der Waals surface area contributed by atoms with E-state index in [2.05, 4.69) is 60.0 Å². The van der Waals surface area contributed by atoms with Crippen LogP contribution in [0.2, 0.25) is 0 Å². The average Bonchev–Trinajstić information content (AvgIpc) is 2.66. The number of hydrogen-bond acceptors (Lipinski definition) is 1. The van der Waals surface area contributed by atoms with Gasteiger partial charge in [-0.1, -0.05) is 48.6 Å². The summed E-state index contributed by atoms with van der Waals surface area (Å²) in [5, 5.41) is 0. The Balaban J connectivity index is 2.10. The van der Waals surface area contributed by atoms with Gasteiger partial charge < -0.3 is 4.90 Å². The van der Waals surface area contributed by atoms with Crippen molar-refractivity contribution in [3.05, 3.63) is 66.8 Å². The third-order valence-electron chi connectivity index (χ3n) is 3.40. The van der Waals surface area contributed by atoms with Gasteiger partial charge >= 0.3 is 0 Å². The Labute approximate surface area is 96.4 Å². The van der Waals surface area contributed by atoms with Crippen LogP contribution in [0.3, 0.4) is 0 Å². The van der Waals surface area contributed by atoms with Crippen molar-refractivity contribution in [1.82, 2.24) is 0 Å². The van der Waals surface area contributed by atoms with Gasteiger partial charge in [-0.15, -0.1) is 6.58 Å². The molecule has 0 aromatic heterocycles. The molecule has 0 fully saturated rings. The molecule has 80 valence electrons. The Morgan fingerprint density at radius 1 is 1.19 bits per heavy atom. The van der Waals surface area contributed by atoms with E-state index in [-0.39, 0.29) is 0 Å². The molecule has 0 saturated heterocycles. The number of para-hydroxylation sites is 1. The molecule has 0 spiro atoms. The number of benzene rings is 1. The maximum absolute atomic E-state index is 3.85. The lowest BCUT2D eigenvalue weighted by Gasteiger charge is -2.27. The van der Waals surface area contributed by atoms with Gasteiger partial charge in [0.1, 0.15) is 0 Å². The van der Waals surface area contributed by atoms with E-state index in [0.29, 0.717) is 12.0 Å². The highest BCUT2D eigenvalue weighted by atomic mass is 15.2. The third-order valence-corrected chi connectivity index (χ3v) is 3.40. The zero-order chi connectivity index (χ0) is 11.0. The summed E-state index contributed by atoms with van der Waals surface area (Å²) in [5.74, 6) is 0.515. The molecule has 1 aromatic rings. The Morgan fingerprint density at radius 3 is 2.88 bits per heavy atom. The molecule has 16 heavy (non-hydrogen) atoms. The molecule has 0 saturated carbocycles. The van der Waals surface area contributed by atoms with Crippen molar-refractivity contribution in [3.8, 4) is 0 Å². The molecule has 3 rings (SSSR count). The summed E-state index contributed by atoms with van der Waals surface area (Å²) in [7, 11) is 0. The minimum absolute atomic E-state index is 0.473. The quantitative estimate of drug-likeness (QED) is 0.676. The van der Waals surface area contributed by atoms with Gasteiger partial charge in [-0.25, -0.2) is 0 Å². The van der Waals surface area contributed by atoms with Crippen molar-refractivity contribution in [2.75, 3.05) is 11.4 Å². The van der Waals surface area contributed by atoms with Gasteiger partial charge in [0.05, 0.1) is 6.04 Å². The predicted octanol–water partition coefficient (Wildman–Crippen LogP) is 3.27. The monoisotopic (exact) mass is 209 g/mol. The number of anilines is 1. The van der Waals surface area contributed by atoms with Gasteiger partial charge in [0.25, 0.3) is 0 Å². The van der Waals surface area contributed by atoms with Crippen LogP contribution in [-0.2, 0) is 0 Å². The lowest BCUT2D eigenvalue weighted by atomic mass is 9.91. The standard InChI is InChI=1S/C15H15N/c1-2-11-16-14-9-5-3-7-12(14)13-8-4-6-10-15(13)16/h2-10,12,14H,1,11H2. The first kappa shape index (κ1) is 9.46. The summed E-state index contributed by atoms with van der Waals surface area (Å²) in [4.78, 5) is 2.42. The van der Waals surface area contributed by atoms with Crippen LogP contribution in [-0.4, -0.2) is 12.6 Å². The van der Waals surface area contributed by atoms with Crippen molar-refractivity contribution in [2.24, 2.45) is 0 Å². The normalized spacial score (nSPS) is 25.4. The highest BCUT2D eigenvalue weighted by molar-refractivity contribution is 5.65. The molecule has 1 aliphatic carbocycles. The average molecular weight is 209 g/mol. The Hall–Kier alpha value is -1.76. The Kier molecular flexibility index (Phi) is 2.17. The molecule has 0 amide bonds. The van der Waals surface area contributed by atoms with Gasteiger partial charge in [0.2, 0.25) is 0 Å². The zero-order valence-corrected chi connectivity index (χ0v) is 9.21. The molecule has 0 radical (unpaired) electrons. The first-order valence-corrected chi connectivity index (χ1v) is 5.73. The van der Waals surface area contributed by atoms with E-state index >= 15 is 0 Å². The summed E-state index contributed by atoms with van der Waals surface area (Å²) < 4.78 is 0. The molecule has 2 atom stereocenters. The van der Waals surface area contributed by atoms with Crippen LogP contribution in [0.5, 0.6) is 0 Å². The fraction of sp³-hybridized carbons (Fsp3) is 0.200. The number of nitrogens with zero attached hydrogens (tertiary/aromatic N) is 1. The summed E-state index contributed by atoms with van der Waals surface area (Å²) in [5.41, 5.74) is 2.79. The van der Waals surface area contributed by atoms with Crippen LogP contribution in [0, 0.1) is 0 Å². The Bertz CT molecular complexity index is 470. The van der Waals surface area contributed by atoms with Gasteiger partial charge in [-0.3, -0.25) is 0 Å². The van der Waals surface area contributed by atoms with E-state index < -0.39 is 0 Å². The largest absolute Gasteiger partial charge is 0.360 e. The van der Waals surface area contributed by atoms with Gasteiger partial charge in [-0.2, -0.15) is 0 Å². The maximum Gasteiger partial charge on any atom is 0.0583 e. The SMILES string of the molecule is C=CCN1c2ccccc2C2C=CC=CC21. The predicted molar refractivity (Wildman–Crippen MR) is 68.8 cm³/mol. The van der Waals surface area contributed by atoms with Crippen LogP contribution >= 0.6 is 0 Å². The molecule has 2 unspecified atom stereocenters. The summed E-state index contributed by atoms with van der Waals surface area (Å²) in [6.45, 7) is 4.76. The fourth-order valence-electron chi connectivity index (χ4n) is 2.73. The Morgan fingerprint density at radius 2 is 2.00 bits per heavy atom. The van der Waals surface area contributed by atoms with Crippen molar-refractivity contribution in [3.63, 3.8) is 0 Å². The second kappa shape index (κ2) is 3.67. The van der Waals surface area contributed by atoms with Gasteiger partial charge in [0, 0.05) is 18.2 Å². The number of rotatable bonds is 2. The second-order valence-electron chi connectivity index (χ2n) is 4.29. The van der Waals surface area contributed by atoms with Crippen molar-refractivity contribution in [1.29, 1.82) is 0 Å². The molecule has 1 aliphatic heterocycles. The molecule has 1 heterocycles. The van der Waals surface area contributed by atoms with E-state index in [4.69, 9.17) is 0 Å². The minimum Gasteiger partial charge on any atom is -0.360 e. The van der Waals surface area contributed by atoms with E-state index in [1.807, 2.05) is 6.08 Å². The van der Waals surface area contributed by atoms with Gasteiger partial charge in [-0.05, 0) is 11.6 Å². The number of hydrogen-bond donors (Lipinski definition) is 0. The lowest BCUT2D eigenvalue weighted by molar-refractivity contribution is 0.702. The molecule has 1 heteroatoms. The first-order valence-electron chi connectivity index (χ1n) is 5.73. The van der Waals surface area contributed by atoms with Crippen LogP contribution in [0.4, 0.5) is 5.69 Å². The van der Waals surface area contributed by atoms with E-state index in [9.17, 15) is 0 Å². The van der Waals surface area contributed by atoms with E-state index in [0.717, 1.165) is 6.54 Å². The molecule has 2 aliphatic rings. The maximum atomic E-state index is 3.85. The molecule has 1 aromatic carbocycles. The highest BCUT2D eigenvalue weighted by Gasteiger charge is 2.35. The molecule has 1 nitrogen and oxygen atoms in total. The number of fused-ring (bicyclic) bond motifs is 3. The van der Waals surface area contributed by atoms with E-state index in [1.165, 1.54) is 11.3 Å². The summed E-state index contributed by atoms with van der Waals surface area (Å²) in [6, 6.07) is 9.15. The zero-order valence-electron chi connectivity index (χ0n) is 9.21.